The number of hydrogen-bond acceptors (Lipinski definition) is 2. The third kappa shape index (κ3) is 2.49. The van der Waals surface area contributed by atoms with Gasteiger partial charge >= 0.3 is 0 Å². The molecule has 3 heterocycles. The highest BCUT2D eigenvalue weighted by molar-refractivity contribution is 6.30. The van der Waals surface area contributed by atoms with Gasteiger partial charge in [0.1, 0.15) is 17.2 Å². The second-order valence-corrected chi connectivity index (χ2v) is 6.74. The van der Waals surface area contributed by atoms with Crippen molar-refractivity contribution in [2.45, 2.75) is 5.92 Å². The Balaban J connectivity index is 1.69. The fraction of sp³-hybridized carbons (Fsp3) is 0.0455. The standard InChI is InChI=1S/C22H15ClN2O/c23-15-9-7-14(8-10-15)21-12-18(16-4-1-2-6-20(16)26-21)19-13-25-22-17(19)5-3-11-24-22/h1-13,18H,(H,24,25). The number of aromatic amines is 1. The highest BCUT2D eigenvalue weighted by Crippen LogP contribution is 2.42. The van der Waals surface area contributed by atoms with Gasteiger partial charge in [-0.3, -0.25) is 0 Å². The normalized spacial score (nSPS) is 16.0. The van der Waals surface area contributed by atoms with Crippen LogP contribution >= 0.6 is 11.6 Å². The number of benzene rings is 2. The van der Waals surface area contributed by atoms with E-state index in [0.29, 0.717) is 5.02 Å². The molecule has 0 aliphatic carbocycles. The van der Waals surface area contributed by atoms with E-state index in [1.807, 2.05) is 54.7 Å². The molecule has 1 N–H and O–H groups in total. The van der Waals surface area contributed by atoms with E-state index in [0.717, 1.165) is 33.7 Å². The van der Waals surface area contributed by atoms with Crippen LogP contribution in [0.5, 0.6) is 5.75 Å². The lowest BCUT2D eigenvalue weighted by molar-refractivity contribution is 0.493. The Bertz CT molecular complexity index is 1130. The van der Waals surface area contributed by atoms with Crippen molar-refractivity contribution in [1.29, 1.82) is 0 Å². The van der Waals surface area contributed by atoms with Gasteiger partial charge < -0.3 is 9.72 Å². The maximum atomic E-state index is 6.19. The van der Waals surface area contributed by atoms with Crippen molar-refractivity contribution < 1.29 is 4.74 Å². The zero-order chi connectivity index (χ0) is 17.5. The number of rotatable bonds is 2. The molecule has 0 bridgehead atoms. The van der Waals surface area contributed by atoms with Crippen molar-refractivity contribution in [2.24, 2.45) is 0 Å². The molecule has 1 aliphatic rings. The summed E-state index contributed by atoms with van der Waals surface area (Å²) in [5.41, 5.74) is 4.24. The monoisotopic (exact) mass is 358 g/mol. The predicted octanol–water partition coefficient (Wildman–Crippen LogP) is 5.78. The molecule has 0 saturated heterocycles. The Morgan fingerprint density at radius 2 is 1.77 bits per heavy atom. The quantitative estimate of drug-likeness (QED) is 0.493. The summed E-state index contributed by atoms with van der Waals surface area (Å²) in [4.78, 5) is 7.70. The Kier molecular flexibility index (Phi) is 3.54. The number of nitrogens with zero attached hydrogens (tertiary/aromatic N) is 1. The van der Waals surface area contributed by atoms with Gasteiger partial charge in [-0.05, 0) is 54.1 Å². The molecule has 0 fully saturated rings. The number of allylic oxidation sites excluding steroid dienone is 1. The number of ether oxygens (including phenoxy) is 1. The van der Waals surface area contributed by atoms with Crippen LogP contribution < -0.4 is 4.74 Å². The molecule has 0 radical (unpaired) electrons. The van der Waals surface area contributed by atoms with Gasteiger partial charge in [-0.2, -0.15) is 0 Å². The first-order valence-corrected chi connectivity index (χ1v) is 8.84. The maximum Gasteiger partial charge on any atom is 0.137 e. The van der Waals surface area contributed by atoms with Gasteiger partial charge in [0.15, 0.2) is 0 Å². The second kappa shape index (κ2) is 6.04. The van der Waals surface area contributed by atoms with Crippen molar-refractivity contribution in [3.63, 3.8) is 0 Å². The van der Waals surface area contributed by atoms with Crippen LogP contribution in [0.25, 0.3) is 16.8 Å². The highest BCUT2D eigenvalue weighted by Gasteiger charge is 2.25. The van der Waals surface area contributed by atoms with Gasteiger partial charge in [0, 0.05) is 39.8 Å². The van der Waals surface area contributed by atoms with E-state index in [9.17, 15) is 0 Å². The Morgan fingerprint density at radius 3 is 2.65 bits per heavy atom. The molecular formula is C22H15ClN2O. The lowest BCUT2D eigenvalue weighted by Crippen LogP contribution is -2.10. The number of fused-ring (bicyclic) bond motifs is 2. The summed E-state index contributed by atoms with van der Waals surface area (Å²) in [5, 5.41) is 1.84. The number of nitrogens with one attached hydrogen (secondary N) is 1. The zero-order valence-corrected chi connectivity index (χ0v) is 14.6. The first-order chi connectivity index (χ1) is 12.8. The highest BCUT2D eigenvalue weighted by atomic mass is 35.5. The summed E-state index contributed by atoms with van der Waals surface area (Å²) in [6.07, 6.45) is 6.01. The largest absolute Gasteiger partial charge is 0.457 e. The molecule has 2 aromatic carbocycles. The van der Waals surface area contributed by atoms with Crippen molar-refractivity contribution in [2.75, 3.05) is 0 Å². The van der Waals surface area contributed by atoms with Crippen molar-refractivity contribution >= 4 is 28.4 Å². The van der Waals surface area contributed by atoms with Gasteiger partial charge in [0.25, 0.3) is 0 Å². The number of halogens is 1. The molecule has 1 atom stereocenters. The van der Waals surface area contributed by atoms with Crippen LogP contribution in [0.2, 0.25) is 5.02 Å². The number of para-hydroxylation sites is 1. The van der Waals surface area contributed by atoms with E-state index >= 15 is 0 Å². The molecule has 0 saturated carbocycles. The molecule has 4 aromatic rings. The predicted molar refractivity (Wildman–Crippen MR) is 104 cm³/mol. The van der Waals surface area contributed by atoms with Gasteiger partial charge in [-0.25, -0.2) is 4.98 Å². The van der Waals surface area contributed by atoms with Gasteiger partial charge in [-0.1, -0.05) is 29.8 Å². The molecule has 0 amide bonds. The molecule has 26 heavy (non-hydrogen) atoms. The Morgan fingerprint density at radius 1 is 0.923 bits per heavy atom. The summed E-state index contributed by atoms with van der Waals surface area (Å²) >= 11 is 6.04. The first-order valence-electron chi connectivity index (χ1n) is 8.46. The van der Waals surface area contributed by atoms with Crippen LogP contribution in [-0.4, -0.2) is 9.97 Å². The van der Waals surface area contributed by atoms with Crippen LogP contribution in [0.15, 0.2) is 79.1 Å². The van der Waals surface area contributed by atoms with Crippen LogP contribution in [-0.2, 0) is 0 Å². The summed E-state index contributed by atoms with van der Waals surface area (Å²) in [7, 11) is 0. The summed E-state index contributed by atoms with van der Waals surface area (Å²) < 4.78 is 6.19. The van der Waals surface area contributed by atoms with E-state index in [1.165, 1.54) is 5.56 Å². The lowest BCUT2D eigenvalue weighted by atomic mass is 9.88. The fourth-order valence-electron chi connectivity index (χ4n) is 3.49. The summed E-state index contributed by atoms with van der Waals surface area (Å²) in [6.45, 7) is 0. The smallest absolute Gasteiger partial charge is 0.137 e. The molecule has 4 heteroatoms. The fourth-order valence-corrected chi connectivity index (χ4v) is 3.61. The number of H-pyrrole nitrogens is 1. The van der Waals surface area contributed by atoms with Gasteiger partial charge in [-0.15, -0.1) is 0 Å². The van der Waals surface area contributed by atoms with Crippen LogP contribution in [0.3, 0.4) is 0 Å². The van der Waals surface area contributed by atoms with Crippen molar-refractivity contribution in [3.05, 3.63) is 101 Å². The molecule has 5 rings (SSSR count). The molecule has 1 aliphatic heterocycles. The SMILES string of the molecule is Clc1ccc(C2=CC(c3c[nH]c4ncccc34)c3ccccc3O2)cc1. The summed E-state index contributed by atoms with van der Waals surface area (Å²) in [6, 6.07) is 20.0. The van der Waals surface area contributed by atoms with E-state index < -0.39 is 0 Å². The number of pyridine rings is 1. The van der Waals surface area contributed by atoms with Crippen LogP contribution in [0.1, 0.15) is 22.6 Å². The lowest BCUT2D eigenvalue weighted by Gasteiger charge is -2.25. The zero-order valence-electron chi connectivity index (χ0n) is 13.8. The molecule has 2 aromatic heterocycles. The van der Waals surface area contributed by atoms with E-state index in [4.69, 9.17) is 16.3 Å². The molecule has 0 spiro atoms. The third-order valence-electron chi connectivity index (χ3n) is 4.74. The minimum atomic E-state index is 0.0866. The molecule has 3 nitrogen and oxygen atoms in total. The summed E-state index contributed by atoms with van der Waals surface area (Å²) in [5.74, 6) is 1.80. The number of aromatic nitrogens is 2. The number of hydrogen-bond donors (Lipinski definition) is 1. The van der Waals surface area contributed by atoms with Crippen molar-refractivity contribution in [1.82, 2.24) is 9.97 Å². The molecular weight excluding hydrogens is 344 g/mol. The maximum absolute atomic E-state index is 6.19. The van der Waals surface area contributed by atoms with E-state index in [2.05, 4.69) is 28.2 Å². The third-order valence-corrected chi connectivity index (χ3v) is 4.99. The Hall–Kier alpha value is -3.04. The Labute approximate surface area is 155 Å². The van der Waals surface area contributed by atoms with Crippen LogP contribution in [0.4, 0.5) is 0 Å². The second-order valence-electron chi connectivity index (χ2n) is 6.30. The topological polar surface area (TPSA) is 37.9 Å². The van der Waals surface area contributed by atoms with Gasteiger partial charge in [0.05, 0.1) is 0 Å². The van der Waals surface area contributed by atoms with E-state index in [1.54, 1.807) is 6.20 Å². The van der Waals surface area contributed by atoms with Crippen LogP contribution in [0, 0.1) is 0 Å². The average molecular weight is 359 g/mol. The van der Waals surface area contributed by atoms with E-state index in [-0.39, 0.29) is 5.92 Å². The molecule has 126 valence electrons. The minimum Gasteiger partial charge on any atom is -0.457 e. The van der Waals surface area contributed by atoms with Crippen molar-refractivity contribution in [3.8, 4) is 5.75 Å². The minimum absolute atomic E-state index is 0.0866. The first kappa shape index (κ1) is 15.2. The molecule has 1 unspecified atom stereocenters. The average Bonchev–Trinajstić information content (AvgIpc) is 3.12. The van der Waals surface area contributed by atoms with Gasteiger partial charge in [0.2, 0.25) is 0 Å².